The number of hydrogen-bond acceptors (Lipinski definition) is 4. The molecular formula is C12H10N4O2. The zero-order valence-electron chi connectivity index (χ0n) is 9.67. The minimum atomic E-state index is -0.261. The summed E-state index contributed by atoms with van der Waals surface area (Å²) in [5.41, 5.74) is 1.08. The van der Waals surface area contributed by atoms with Crippen molar-refractivity contribution >= 4 is 23.3 Å². The van der Waals surface area contributed by atoms with E-state index < -0.39 is 0 Å². The van der Waals surface area contributed by atoms with E-state index in [-0.39, 0.29) is 18.2 Å². The smallest absolute Gasteiger partial charge is 0.255 e. The van der Waals surface area contributed by atoms with Gasteiger partial charge in [-0.2, -0.15) is 15.4 Å². The number of hydrazone groups is 1. The minimum Gasteiger partial charge on any atom is -0.313 e. The zero-order valence-corrected chi connectivity index (χ0v) is 9.67. The third kappa shape index (κ3) is 2.35. The van der Waals surface area contributed by atoms with Crippen LogP contribution in [0.25, 0.3) is 0 Å². The molecule has 0 aromatic heterocycles. The highest BCUT2D eigenvalue weighted by atomic mass is 16.2. The van der Waals surface area contributed by atoms with Crippen molar-refractivity contribution in [2.75, 3.05) is 5.01 Å². The normalized spacial score (nSPS) is 14.1. The van der Waals surface area contributed by atoms with Crippen LogP contribution in [-0.4, -0.2) is 17.6 Å². The highest BCUT2D eigenvalue weighted by Gasteiger charge is 2.25. The number of nitrogens with zero attached hydrogens (tertiary/aromatic N) is 3. The molecule has 0 saturated heterocycles. The molecule has 90 valence electrons. The molecule has 0 spiro atoms. The Morgan fingerprint density at radius 2 is 2.11 bits per heavy atom. The van der Waals surface area contributed by atoms with Gasteiger partial charge in [-0.05, 0) is 24.3 Å². The lowest BCUT2D eigenvalue weighted by Crippen LogP contribution is -2.27. The molecule has 6 heteroatoms. The van der Waals surface area contributed by atoms with Crippen molar-refractivity contribution < 1.29 is 9.59 Å². The maximum Gasteiger partial charge on any atom is 0.255 e. The van der Waals surface area contributed by atoms with Crippen LogP contribution in [-0.2, 0) is 9.59 Å². The molecule has 0 bridgehead atoms. The summed E-state index contributed by atoms with van der Waals surface area (Å²) in [6.07, 6.45) is 0.0690. The van der Waals surface area contributed by atoms with Crippen LogP contribution in [0.1, 0.15) is 18.9 Å². The van der Waals surface area contributed by atoms with Gasteiger partial charge < -0.3 is 5.32 Å². The highest BCUT2D eigenvalue weighted by molar-refractivity contribution is 6.15. The molecule has 1 heterocycles. The van der Waals surface area contributed by atoms with Gasteiger partial charge in [-0.1, -0.05) is 0 Å². The number of nitriles is 1. The molecule has 1 aromatic rings. The number of anilines is 1. The van der Waals surface area contributed by atoms with Crippen molar-refractivity contribution in [3.8, 4) is 6.07 Å². The van der Waals surface area contributed by atoms with Gasteiger partial charge in [-0.25, -0.2) is 0 Å². The van der Waals surface area contributed by atoms with E-state index in [2.05, 4.69) is 10.4 Å². The molecule has 1 aliphatic rings. The maximum atomic E-state index is 11.7. The molecule has 0 atom stereocenters. The number of nitrogens with one attached hydrogen (secondary N) is 1. The van der Waals surface area contributed by atoms with Gasteiger partial charge in [0.1, 0.15) is 5.84 Å². The number of carbonyl (C=O) groups excluding carboxylic acids is 2. The molecule has 18 heavy (non-hydrogen) atoms. The van der Waals surface area contributed by atoms with E-state index in [1.165, 1.54) is 11.9 Å². The van der Waals surface area contributed by atoms with Crippen molar-refractivity contribution in [2.24, 2.45) is 5.10 Å². The van der Waals surface area contributed by atoms with Crippen LogP contribution in [0, 0.1) is 11.3 Å². The summed E-state index contributed by atoms with van der Waals surface area (Å²) >= 11 is 0. The van der Waals surface area contributed by atoms with Crippen LogP contribution in [0.2, 0.25) is 0 Å². The summed E-state index contributed by atoms with van der Waals surface area (Å²) in [6, 6.07) is 8.48. The summed E-state index contributed by atoms with van der Waals surface area (Å²) in [5.74, 6) is -0.149. The Morgan fingerprint density at radius 1 is 1.44 bits per heavy atom. The Kier molecular flexibility index (Phi) is 3.06. The van der Waals surface area contributed by atoms with Crippen LogP contribution in [0.3, 0.4) is 0 Å². The molecule has 1 aromatic carbocycles. The fourth-order valence-corrected chi connectivity index (χ4v) is 1.58. The second-order valence-corrected chi connectivity index (χ2v) is 3.77. The lowest BCUT2D eigenvalue weighted by molar-refractivity contribution is -0.117. The monoisotopic (exact) mass is 242 g/mol. The van der Waals surface area contributed by atoms with Gasteiger partial charge in [0.2, 0.25) is 5.91 Å². The first-order valence-electron chi connectivity index (χ1n) is 5.28. The van der Waals surface area contributed by atoms with Gasteiger partial charge in [0, 0.05) is 6.92 Å². The Balaban J connectivity index is 2.22. The molecule has 2 amide bonds. The predicted molar refractivity (Wildman–Crippen MR) is 64.5 cm³/mol. The van der Waals surface area contributed by atoms with E-state index in [4.69, 9.17) is 5.26 Å². The molecule has 1 N–H and O–H groups in total. The fourth-order valence-electron chi connectivity index (χ4n) is 1.58. The summed E-state index contributed by atoms with van der Waals surface area (Å²) in [4.78, 5) is 22.6. The third-order valence-corrected chi connectivity index (χ3v) is 2.34. The van der Waals surface area contributed by atoms with E-state index in [0.29, 0.717) is 17.1 Å². The Labute approximate surface area is 104 Å². The van der Waals surface area contributed by atoms with Crippen molar-refractivity contribution in [2.45, 2.75) is 13.3 Å². The SMILES string of the molecule is CC(=O)NC1=NN(c2ccc(C#N)cc2)C(=O)C1. The van der Waals surface area contributed by atoms with Crippen molar-refractivity contribution in [1.82, 2.24) is 5.32 Å². The van der Waals surface area contributed by atoms with Crippen LogP contribution < -0.4 is 10.3 Å². The molecule has 0 saturated carbocycles. The standard InChI is InChI=1S/C12H10N4O2/c1-8(17)14-11-6-12(18)16(15-11)10-4-2-9(7-13)3-5-10/h2-5H,6H2,1H3,(H,14,15,17). The summed E-state index contributed by atoms with van der Waals surface area (Å²) < 4.78 is 0. The van der Waals surface area contributed by atoms with Crippen molar-refractivity contribution in [3.05, 3.63) is 29.8 Å². The Bertz CT molecular complexity index is 569. The van der Waals surface area contributed by atoms with Gasteiger partial charge in [0.25, 0.3) is 5.91 Å². The molecule has 2 rings (SSSR count). The fraction of sp³-hybridized carbons (Fsp3) is 0.167. The Morgan fingerprint density at radius 3 is 2.67 bits per heavy atom. The largest absolute Gasteiger partial charge is 0.313 e. The predicted octanol–water partition coefficient (Wildman–Crippen LogP) is 0.745. The van der Waals surface area contributed by atoms with Gasteiger partial charge in [-0.15, -0.1) is 0 Å². The molecule has 0 fully saturated rings. The van der Waals surface area contributed by atoms with Gasteiger partial charge in [0.05, 0.1) is 23.7 Å². The number of carbonyl (C=O) groups is 2. The van der Waals surface area contributed by atoms with E-state index in [1.54, 1.807) is 24.3 Å². The first-order valence-corrected chi connectivity index (χ1v) is 5.28. The average molecular weight is 242 g/mol. The quantitative estimate of drug-likeness (QED) is 0.788. The van der Waals surface area contributed by atoms with Crippen LogP contribution in [0.15, 0.2) is 29.4 Å². The first kappa shape index (κ1) is 11.8. The Hall–Kier alpha value is -2.68. The molecule has 6 nitrogen and oxygen atoms in total. The van der Waals surface area contributed by atoms with Crippen LogP contribution in [0.5, 0.6) is 0 Å². The number of amidine groups is 1. The van der Waals surface area contributed by atoms with E-state index >= 15 is 0 Å². The molecule has 0 radical (unpaired) electrons. The van der Waals surface area contributed by atoms with E-state index in [1.807, 2.05) is 6.07 Å². The van der Waals surface area contributed by atoms with E-state index in [0.717, 1.165) is 0 Å². The second-order valence-electron chi connectivity index (χ2n) is 3.77. The maximum absolute atomic E-state index is 11.7. The van der Waals surface area contributed by atoms with Crippen molar-refractivity contribution in [3.63, 3.8) is 0 Å². The first-order chi connectivity index (χ1) is 8.60. The van der Waals surface area contributed by atoms with Gasteiger partial charge >= 0.3 is 0 Å². The van der Waals surface area contributed by atoms with E-state index in [9.17, 15) is 9.59 Å². The minimum absolute atomic E-state index is 0.0690. The lowest BCUT2D eigenvalue weighted by atomic mass is 10.2. The molecule has 0 unspecified atom stereocenters. The molecule has 1 aliphatic heterocycles. The summed E-state index contributed by atoms with van der Waals surface area (Å²) in [7, 11) is 0. The number of amides is 2. The van der Waals surface area contributed by atoms with Crippen LogP contribution >= 0.6 is 0 Å². The lowest BCUT2D eigenvalue weighted by Gasteiger charge is -2.10. The third-order valence-electron chi connectivity index (χ3n) is 2.34. The van der Waals surface area contributed by atoms with Crippen molar-refractivity contribution in [1.29, 1.82) is 5.26 Å². The van der Waals surface area contributed by atoms with Crippen LogP contribution in [0.4, 0.5) is 5.69 Å². The topological polar surface area (TPSA) is 85.6 Å². The average Bonchev–Trinajstić information content (AvgIpc) is 2.69. The number of benzene rings is 1. The number of rotatable bonds is 1. The molecular weight excluding hydrogens is 232 g/mol. The zero-order chi connectivity index (χ0) is 13.1. The number of hydrogen-bond donors (Lipinski definition) is 1. The highest BCUT2D eigenvalue weighted by Crippen LogP contribution is 2.20. The summed E-state index contributed by atoms with van der Waals surface area (Å²) in [5, 5.41) is 16.4. The summed E-state index contributed by atoms with van der Waals surface area (Å²) in [6.45, 7) is 1.36. The van der Waals surface area contributed by atoms with Gasteiger partial charge in [-0.3, -0.25) is 9.59 Å². The van der Waals surface area contributed by atoms with Gasteiger partial charge in [0.15, 0.2) is 0 Å². The second kappa shape index (κ2) is 4.67. The molecule has 0 aliphatic carbocycles.